The van der Waals surface area contributed by atoms with Crippen LogP contribution in [0.2, 0.25) is 0 Å². The summed E-state index contributed by atoms with van der Waals surface area (Å²) in [6.45, 7) is 0. The summed E-state index contributed by atoms with van der Waals surface area (Å²) in [5.41, 5.74) is 2.15. The zero-order valence-electron chi connectivity index (χ0n) is 15.0. The number of rotatable bonds is 5. The number of allylic oxidation sites excluding steroid dienone is 1. The minimum Gasteiger partial charge on any atom is -0.468 e. The summed E-state index contributed by atoms with van der Waals surface area (Å²) < 4.78 is 5.82. The Balaban J connectivity index is 1.98. The molecule has 1 N–H and O–H groups in total. The van der Waals surface area contributed by atoms with E-state index in [1.807, 2.05) is 54.6 Å². The smallest absolute Gasteiger partial charge is 0.319 e. The van der Waals surface area contributed by atoms with Crippen molar-refractivity contribution in [2.75, 3.05) is 7.11 Å². The number of carbonyl (C=O) groups excluding carboxylic acids is 2. The molecular weight excluding hydrogens is 440 g/mol. The van der Waals surface area contributed by atoms with E-state index in [-0.39, 0.29) is 0 Å². The molecule has 0 fully saturated rings. The number of thioether (sulfide) groups is 1. The van der Waals surface area contributed by atoms with E-state index in [2.05, 4.69) is 27.3 Å². The number of hydrogen-bond acceptors (Lipinski definition) is 5. The van der Waals surface area contributed by atoms with E-state index in [0.29, 0.717) is 16.4 Å². The van der Waals surface area contributed by atoms with Gasteiger partial charge in [-0.25, -0.2) is 0 Å². The van der Waals surface area contributed by atoms with E-state index >= 15 is 0 Å². The monoisotopic (exact) mass is 456 g/mol. The Labute approximate surface area is 175 Å². The molecule has 2 atom stereocenters. The van der Waals surface area contributed by atoms with Gasteiger partial charge in [-0.3, -0.25) is 9.59 Å². The molecule has 0 bridgehead atoms. The van der Waals surface area contributed by atoms with Crippen molar-refractivity contribution >= 4 is 39.6 Å². The van der Waals surface area contributed by atoms with Gasteiger partial charge in [0.25, 0.3) is 0 Å². The van der Waals surface area contributed by atoms with Crippen LogP contribution in [0.25, 0.3) is 0 Å². The van der Waals surface area contributed by atoms with Crippen LogP contribution in [0.3, 0.4) is 0 Å². The first-order valence-corrected chi connectivity index (χ1v) is 10.3. The summed E-state index contributed by atoms with van der Waals surface area (Å²) in [7, 11) is 1.24. The fourth-order valence-electron chi connectivity index (χ4n) is 3.08. The first-order valence-electron chi connectivity index (χ1n) is 8.50. The SMILES string of the molecule is COC(=O)[C@@H]1C(=O)NC(SCc2ccc(Br)cc2)=C(C#N)[C@@H]1c1ccccc1. The van der Waals surface area contributed by atoms with Crippen molar-refractivity contribution in [1.29, 1.82) is 5.26 Å². The molecule has 1 amide bonds. The number of methoxy groups -OCH3 is 1. The predicted molar refractivity (Wildman–Crippen MR) is 111 cm³/mol. The molecule has 0 aromatic heterocycles. The fourth-order valence-corrected chi connectivity index (χ4v) is 4.34. The Morgan fingerprint density at radius 2 is 1.89 bits per heavy atom. The van der Waals surface area contributed by atoms with Gasteiger partial charge in [0.1, 0.15) is 5.92 Å². The first-order chi connectivity index (χ1) is 13.5. The molecule has 2 aromatic carbocycles. The second-order valence-corrected chi connectivity index (χ2v) is 8.05. The summed E-state index contributed by atoms with van der Waals surface area (Å²) in [4.78, 5) is 25.0. The van der Waals surface area contributed by atoms with Crippen LogP contribution in [-0.2, 0) is 20.1 Å². The molecule has 5 nitrogen and oxygen atoms in total. The number of carbonyl (C=O) groups is 2. The molecule has 0 saturated carbocycles. The summed E-state index contributed by atoms with van der Waals surface area (Å²) >= 11 is 4.77. The normalized spacial score (nSPS) is 19.0. The lowest BCUT2D eigenvalue weighted by atomic mass is 9.78. The molecular formula is C21H17BrN2O3S. The van der Waals surface area contributed by atoms with Gasteiger partial charge in [-0.1, -0.05) is 58.4 Å². The van der Waals surface area contributed by atoms with Crippen LogP contribution in [-0.4, -0.2) is 19.0 Å². The molecule has 7 heteroatoms. The first kappa shape index (κ1) is 20.2. The zero-order valence-corrected chi connectivity index (χ0v) is 17.4. The van der Waals surface area contributed by atoms with Gasteiger partial charge in [0.15, 0.2) is 0 Å². The Morgan fingerprint density at radius 1 is 1.21 bits per heavy atom. The van der Waals surface area contributed by atoms with E-state index in [0.717, 1.165) is 15.6 Å². The molecule has 1 aliphatic rings. The summed E-state index contributed by atoms with van der Waals surface area (Å²) in [5, 5.41) is 13.1. The highest BCUT2D eigenvalue weighted by atomic mass is 79.9. The largest absolute Gasteiger partial charge is 0.468 e. The standard InChI is InChI=1S/C21H17BrN2O3S/c1-27-21(26)18-17(14-5-3-2-4-6-14)16(11-23)20(24-19(18)25)28-12-13-7-9-15(22)10-8-13/h2-10,17-18H,12H2,1H3,(H,24,25)/t17-,18-/m0/s1. The van der Waals surface area contributed by atoms with Gasteiger partial charge in [0, 0.05) is 16.1 Å². The van der Waals surface area contributed by atoms with Crippen LogP contribution in [0, 0.1) is 17.2 Å². The van der Waals surface area contributed by atoms with Crippen LogP contribution in [0.4, 0.5) is 0 Å². The molecule has 0 spiro atoms. The van der Waals surface area contributed by atoms with E-state index in [9.17, 15) is 14.9 Å². The van der Waals surface area contributed by atoms with Gasteiger partial charge >= 0.3 is 5.97 Å². The van der Waals surface area contributed by atoms with Crippen LogP contribution in [0.5, 0.6) is 0 Å². The second kappa shape index (κ2) is 9.09. The van der Waals surface area contributed by atoms with Gasteiger partial charge in [0.2, 0.25) is 5.91 Å². The highest BCUT2D eigenvalue weighted by Crippen LogP contribution is 2.40. The highest BCUT2D eigenvalue weighted by Gasteiger charge is 2.44. The van der Waals surface area contributed by atoms with E-state index in [4.69, 9.17) is 4.74 Å². The lowest BCUT2D eigenvalue weighted by Crippen LogP contribution is -2.44. The topological polar surface area (TPSA) is 79.2 Å². The summed E-state index contributed by atoms with van der Waals surface area (Å²) in [5.74, 6) is -2.31. The van der Waals surface area contributed by atoms with Gasteiger partial charge < -0.3 is 10.1 Å². The van der Waals surface area contributed by atoms with E-state index in [1.54, 1.807) is 0 Å². The lowest BCUT2D eigenvalue weighted by Gasteiger charge is -2.31. The Morgan fingerprint density at radius 3 is 2.50 bits per heavy atom. The Kier molecular flexibility index (Phi) is 6.55. The number of esters is 1. The van der Waals surface area contributed by atoms with Crippen molar-refractivity contribution in [3.8, 4) is 6.07 Å². The number of ether oxygens (including phenoxy) is 1. The molecule has 0 saturated heterocycles. The highest BCUT2D eigenvalue weighted by molar-refractivity contribution is 9.10. The van der Waals surface area contributed by atoms with Gasteiger partial charge in [-0.2, -0.15) is 5.26 Å². The fraction of sp³-hybridized carbons (Fsp3) is 0.190. The van der Waals surface area contributed by atoms with Crippen molar-refractivity contribution in [3.05, 3.63) is 80.8 Å². The lowest BCUT2D eigenvalue weighted by molar-refractivity contribution is -0.150. The third kappa shape index (κ3) is 4.29. The van der Waals surface area contributed by atoms with Crippen molar-refractivity contribution < 1.29 is 14.3 Å². The number of nitrogens with one attached hydrogen (secondary N) is 1. The second-order valence-electron chi connectivity index (χ2n) is 6.15. The molecule has 1 aliphatic heterocycles. The summed E-state index contributed by atoms with van der Waals surface area (Å²) in [6.07, 6.45) is 0. The molecule has 28 heavy (non-hydrogen) atoms. The van der Waals surface area contributed by atoms with Crippen molar-refractivity contribution in [2.45, 2.75) is 11.7 Å². The van der Waals surface area contributed by atoms with Crippen LogP contribution >= 0.6 is 27.7 Å². The van der Waals surface area contributed by atoms with Gasteiger partial charge in [-0.05, 0) is 23.3 Å². The molecule has 142 valence electrons. The number of nitriles is 1. The van der Waals surface area contributed by atoms with Crippen LogP contribution in [0.1, 0.15) is 17.0 Å². The van der Waals surface area contributed by atoms with Crippen molar-refractivity contribution in [1.82, 2.24) is 5.32 Å². The molecule has 2 aromatic rings. The average Bonchev–Trinajstić information content (AvgIpc) is 2.72. The maximum atomic E-state index is 12.7. The molecule has 1 heterocycles. The number of benzene rings is 2. The number of hydrogen-bond donors (Lipinski definition) is 1. The zero-order chi connectivity index (χ0) is 20.1. The Hall–Kier alpha value is -2.56. The number of nitrogens with zero attached hydrogens (tertiary/aromatic N) is 1. The maximum absolute atomic E-state index is 12.7. The predicted octanol–water partition coefficient (Wildman–Crippen LogP) is 4.12. The van der Waals surface area contributed by atoms with Crippen LogP contribution in [0.15, 0.2) is 69.7 Å². The van der Waals surface area contributed by atoms with Gasteiger partial charge in [-0.15, -0.1) is 11.8 Å². The third-order valence-electron chi connectivity index (χ3n) is 4.44. The molecule has 0 aliphatic carbocycles. The number of amides is 1. The van der Waals surface area contributed by atoms with Crippen molar-refractivity contribution in [2.24, 2.45) is 5.92 Å². The van der Waals surface area contributed by atoms with Crippen LogP contribution < -0.4 is 5.32 Å². The molecule has 3 rings (SSSR count). The quantitative estimate of drug-likeness (QED) is 0.540. The minimum absolute atomic E-state index is 0.364. The van der Waals surface area contributed by atoms with Gasteiger partial charge in [0.05, 0.1) is 23.8 Å². The Bertz CT molecular complexity index is 952. The molecule has 0 unspecified atom stereocenters. The van der Waals surface area contributed by atoms with Crippen molar-refractivity contribution in [3.63, 3.8) is 0 Å². The molecule has 0 radical (unpaired) electrons. The minimum atomic E-state index is -1.10. The maximum Gasteiger partial charge on any atom is 0.319 e. The van der Waals surface area contributed by atoms with E-state index < -0.39 is 23.7 Å². The summed E-state index contributed by atoms with van der Waals surface area (Å²) in [6, 6.07) is 19.1. The third-order valence-corrected chi connectivity index (χ3v) is 6.06. The average molecular weight is 457 g/mol. The number of halogens is 1. The van der Waals surface area contributed by atoms with E-state index in [1.165, 1.54) is 18.9 Å².